The van der Waals surface area contributed by atoms with Gasteiger partial charge in [-0.1, -0.05) is 11.6 Å². The molecule has 0 aliphatic carbocycles. The van der Waals surface area contributed by atoms with Crippen LogP contribution in [-0.2, 0) is 10.0 Å². The molecular weight excluding hydrogens is 264 g/mol. The van der Waals surface area contributed by atoms with Crippen molar-refractivity contribution in [2.75, 3.05) is 18.8 Å². The first kappa shape index (κ1) is 12.6. The van der Waals surface area contributed by atoms with Gasteiger partial charge in [0.1, 0.15) is 4.90 Å². The zero-order chi connectivity index (χ0) is 12.6. The molecule has 0 aromatic heterocycles. The van der Waals surface area contributed by atoms with Crippen molar-refractivity contribution in [1.82, 2.24) is 4.31 Å². The van der Waals surface area contributed by atoms with Gasteiger partial charge in [-0.2, -0.15) is 4.31 Å². The van der Waals surface area contributed by atoms with Gasteiger partial charge < -0.3 is 10.8 Å². The number of hydrogen-bond acceptors (Lipinski definition) is 4. The van der Waals surface area contributed by atoms with E-state index >= 15 is 0 Å². The highest BCUT2D eigenvalue weighted by Gasteiger charge is 2.32. The molecule has 94 valence electrons. The first-order valence-corrected chi connectivity index (χ1v) is 6.96. The van der Waals surface area contributed by atoms with Gasteiger partial charge >= 0.3 is 0 Å². The predicted molar refractivity (Wildman–Crippen MR) is 65.2 cm³/mol. The van der Waals surface area contributed by atoms with Crippen LogP contribution < -0.4 is 5.73 Å². The monoisotopic (exact) mass is 276 g/mol. The summed E-state index contributed by atoms with van der Waals surface area (Å²) in [5.41, 5.74) is 5.93. The molecule has 7 heteroatoms. The van der Waals surface area contributed by atoms with Gasteiger partial charge in [0.15, 0.2) is 0 Å². The molecule has 17 heavy (non-hydrogen) atoms. The number of nitrogens with two attached hydrogens (primary N) is 1. The van der Waals surface area contributed by atoms with E-state index in [1.807, 2.05) is 0 Å². The maximum absolute atomic E-state index is 12.2. The lowest BCUT2D eigenvalue weighted by molar-refractivity contribution is 0.189. The second-order valence-electron chi connectivity index (χ2n) is 4.00. The van der Waals surface area contributed by atoms with E-state index < -0.39 is 16.1 Å². The van der Waals surface area contributed by atoms with Gasteiger partial charge in [0, 0.05) is 18.8 Å². The molecule has 1 aromatic rings. The van der Waals surface area contributed by atoms with Crippen LogP contribution in [0.25, 0.3) is 0 Å². The highest BCUT2D eigenvalue weighted by molar-refractivity contribution is 7.89. The number of aliphatic hydroxyl groups excluding tert-OH is 1. The minimum Gasteiger partial charge on any atom is -0.399 e. The van der Waals surface area contributed by atoms with Crippen LogP contribution in [0.4, 0.5) is 5.69 Å². The summed E-state index contributed by atoms with van der Waals surface area (Å²) in [6.07, 6.45) is -0.149. The first-order valence-electron chi connectivity index (χ1n) is 5.14. The van der Waals surface area contributed by atoms with Crippen LogP contribution in [0.2, 0.25) is 5.02 Å². The maximum atomic E-state index is 12.2. The highest BCUT2D eigenvalue weighted by atomic mass is 35.5. The van der Waals surface area contributed by atoms with Crippen LogP contribution in [0, 0.1) is 0 Å². The Kier molecular flexibility index (Phi) is 3.31. The minimum absolute atomic E-state index is 0.0301. The normalized spacial score (nSPS) is 21.9. The van der Waals surface area contributed by atoms with Gasteiger partial charge in [-0.05, 0) is 24.6 Å². The molecule has 1 aromatic carbocycles. The summed E-state index contributed by atoms with van der Waals surface area (Å²) in [5, 5.41) is 9.47. The smallest absolute Gasteiger partial charge is 0.244 e. The molecule has 5 nitrogen and oxygen atoms in total. The molecule has 1 saturated heterocycles. The Balaban J connectivity index is 2.38. The largest absolute Gasteiger partial charge is 0.399 e. The van der Waals surface area contributed by atoms with Gasteiger partial charge in [0.05, 0.1) is 11.1 Å². The average Bonchev–Trinajstić information content (AvgIpc) is 2.64. The molecule has 1 aliphatic rings. The molecule has 1 atom stereocenters. The van der Waals surface area contributed by atoms with Crippen molar-refractivity contribution in [2.24, 2.45) is 0 Å². The summed E-state index contributed by atoms with van der Waals surface area (Å²) in [4.78, 5) is 0.0301. The van der Waals surface area contributed by atoms with Gasteiger partial charge in [-0.3, -0.25) is 0 Å². The Morgan fingerprint density at radius 3 is 2.71 bits per heavy atom. The van der Waals surface area contributed by atoms with E-state index in [0.29, 0.717) is 18.7 Å². The van der Waals surface area contributed by atoms with E-state index in [9.17, 15) is 13.5 Å². The Morgan fingerprint density at radius 2 is 2.18 bits per heavy atom. The van der Waals surface area contributed by atoms with Crippen LogP contribution >= 0.6 is 11.6 Å². The molecule has 0 amide bonds. The molecule has 0 unspecified atom stereocenters. The Bertz CT molecular complexity index is 532. The van der Waals surface area contributed by atoms with E-state index in [2.05, 4.69) is 0 Å². The number of aliphatic hydroxyl groups is 1. The second kappa shape index (κ2) is 4.45. The molecule has 0 saturated carbocycles. The maximum Gasteiger partial charge on any atom is 0.244 e. The molecular formula is C10H13ClN2O3S. The van der Waals surface area contributed by atoms with Crippen molar-refractivity contribution in [3.63, 3.8) is 0 Å². The van der Waals surface area contributed by atoms with E-state index in [-0.39, 0.29) is 16.5 Å². The Labute approximate surface area is 105 Å². The van der Waals surface area contributed by atoms with Crippen LogP contribution in [0.5, 0.6) is 0 Å². The number of benzene rings is 1. The molecule has 1 aliphatic heterocycles. The number of anilines is 1. The summed E-state index contributed by atoms with van der Waals surface area (Å²) < 4.78 is 25.6. The first-order chi connectivity index (χ1) is 7.91. The zero-order valence-corrected chi connectivity index (χ0v) is 10.6. The number of hydrogen-bond donors (Lipinski definition) is 2. The number of rotatable bonds is 2. The fourth-order valence-electron chi connectivity index (χ4n) is 1.79. The standard InChI is InChI=1S/C10H13ClN2O3S/c11-9-5-7(12)1-2-10(9)17(15,16)13-4-3-8(14)6-13/h1-2,5,8,14H,3-4,6,12H2/t8-/m0/s1. The fraction of sp³-hybridized carbons (Fsp3) is 0.400. The minimum atomic E-state index is -3.63. The highest BCUT2D eigenvalue weighted by Crippen LogP contribution is 2.28. The molecule has 1 fully saturated rings. The van der Waals surface area contributed by atoms with Crippen molar-refractivity contribution in [1.29, 1.82) is 0 Å². The lowest BCUT2D eigenvalue weighted by atomic mass is 10.3. The van der Waals surface area contributed by atoms with Gasteiger partial charge in [0.25, 0.3) is 0 Å². The SMILES string of the molecule is Nc1ccc(S(=O)(=O)N2CC[C@H](O)C2)c(Cl)c1. The fourth-order valence-corrected chi connectivity index (χ4v) is 3.81. The number of β-amino-alcohol motifs (C(OH)–C–C–N with tert-alkyl or cyclic N) is 1. The summed E-state index contributed by atoms with van der Waals surface area (Å²) in [6, 6.07) is 4.28. The van der Waals surface area contributed by atoms with Crippen molar-refractivity contribution in [2.45, 2.75) is 17.4 Å². The molecule has 3 N–H and O–H groups in total. The summed E-state index contributed by atoms with van der Waals surface area (Å²) in [7, 11) is -3.63. The van der Waals surface area contributed by atoms with E-state index in [1.165, 1.54) is 22.5 Å². The van der Waals surface area contributed by atoms with Crippen molar-refractivity contribution >= 4 is 27.3 Å². The van der Waals surface area contributed by atoms with Crippen LogP contribution in [0.15, 0.2) is 23.1 Å². The van der Waals surface area contributed by atoms with Crippen LogP contribution in [-0.4, -0.2) is 37.0 Å². The van der Waals surface area contributed by atoms with E-state index in [1.54, 1.807) is 0 Å². The predicted octanol–water partition coefficient (Wildman–Crippen LogP) is 0.677. The summed E-state index contributed by atoms with van der Waals surface area (Å²) >= 11 is 5.88. The summed E-state index contributed by atoms with van der Waals surface area (Å²) in [5.74, 6) is 0. The van der Waals surface area contributed by atoms with Crippen molar-refractivity contribution < 1.29 is 13.5 Å². The zero-order valence-electron chi connectivity index (χ0n) is 9.01. The van der Waals surface area contributed by atoms with Crippen LogP contribution in [0.1, 0.15) is 6.42 Å². The number of nitrogens with zero attached hydrogens (tertiary/aromatic N) is 1. The molecule has 0 radical (unpaired) electrons. The molecule has 0 bridgehead atoms. The van der Waals surface area contributed by atoms with Gasteiger partial charge in [0.2, 0.25) is 10.0 Å². The third kappa shape index (κ3) is 2.40. The van der Waals surface area contributed by atoms with Crippen molar-refractivity contribution in [3.05, 3.63) is 23.2 Å². The van der Waals surface area contributed by atoms with Crippen molar-refractivity contribution in [3.8, 4) is 0 Å². The average molecular weight is 277 g/mol. The topological polar surface area (TPSA) is 83.6 Å². The molecule has 2 rings (SSSR count). The van der Waals surface area contributed by atoms with E-state index in [0.717, 1.165) is 0 Å². The van der Waals surface area contributed by atoms with Gasteiger partial charge in [-0.25, -0.2) is 8.42 Å². The molecule has 0 spiro atoms. The van der Waals surface area contributed by atoms with Gasteiger partial charge in [-0.15, -0.1) is 0 Å². The number of sulfonamides is 1. The number of nitrogen functional groups attached to an aromatic ring is 1. The summed E-state index contributed by atoms with van der Waals surface area (Å²) in [6.45, 7) is 0.424. The lowest BCUT2D eigenvalue weighted by Gasteiger charge is -2.16. The van der Waals surface area contributed by atoms with E-state index in [4.69, 9.17) is 17.3 Å². The number of halogens is 1. The third-order valence-corrected chi connectivity index (χ3v) is 5.05. The van der Waals surface area contributed by atoms with Crippen LogP contribution in [0.3, 0.4) is 0 Å². The second-order valence-corrected chi connectivity index (χ2v) is 6.31. The molecule has 1 heterocycles. The Hall–Kier alpha value is -0.820. The quantitative estimate of drug-likeness (QED) is 0.778. The Morgan fingerprint density at radius 1 is 1.47 bits per heavy atom. The lowest BCUT2D eigenvalue weighted by Crippen LogP contribution is -2.29. The third-order valence-electron chi connectivity index (χ3n) is 2.70.